The van der Waals surface area contributed by atoms with Gasteiger partial charge in [-0.1, -0.05) is 37.7 Å². The van der Waals surface area contributed by atoms with E-state index in [1.807, 2.05) is 16.7 Å². The number of anilines is 1. The Bertz CT molecular complexity index is 911. The number of phenols is 1. The van der Waals surface area contributed by atoms with E-state index in [4.69, 9.17) is 0 Å². The maximum Gasteiger partial charge on any atom is 0.234 e. The smallest absolute Gasteiger partial charge is 0.234 e. The third-order valence-electron chi connectivity index (χ3n) is 3.69. The molecule has 0 aliphatic rings. The summed E-state index contributed by atoms with van der Waals surface area (Å²) < 4.78 is 2.01. The SMILES string of the molecule is CC(C)Cn1c(SCC(=O)Nc2ccccc2O)nnc1-c1cccnc1. The minimum absolute atomic E-state index is 0.0395. The van der Waals surface area contributed by atoms with Gasteiger partial charge < -0.3 is 15.0 Å². The van der Waals surface area contributed by atoms with Gasteiger partial charge >= 0.3 is 0 Å². The van der Waals surface area contributed by atoms with Crippen molar-refractivity contribution in [1.29, 1.82) is 0 Å². The molecule has 0 aliphatic heterocycles. The van der Waals surface area contributed by atoms with Crippen LogP contribution in [0.5, 0.6) is 5.75 Å². The lowest BCUT2D eigenvalue weighted by Crippen LogP contribution is -2.15. The summed E-state index contributed by atoms with van der Waals surface area (Å²) in [7, 11) is 0. The summed E-state index contributed by atoms with van der Waals surface area (Å²) in [5.74, 6) is 1.12. The van der Waals surface area contributed by atoms with Crippen LogP contribution >= 0.6 is 11.8 Å². The fourth-order valence-electron chi connectivity index (χ4n) is 2.53. The van der Waals surface area contributed by atoms with Crippen molar-refractivity contribution in [3.63, 3.8) is 0 Å². The van der Waals surface area contributed by atoms with Gasteiger partial charge in [0.15, 0.2) is 11.0 Å². The molecule has 2 aromatic heterocycles. The molecule has 1 aromatic carbocycles. The van der Waals surface area contributed by atoms with Crippen molar-refractivity contribution in [2.45, 2.75) is 25.5 Å². The molecular formula is C19H21N5O2S. The molecule has 1 amide bonds. The number of hydrogen-bond acceptors (Lipinski definition) is 6. The normalized spacial score (nSPS) is 10.9. The van der Waals surface area contributed by atoms with E-state index in [-0.39, 0.29) is 17.4 Å². The summed E-state index contributed by atoms with van der Waals surface area (Å²) in [5, 5.41) is 21.7. The third-order valence-corrected chi connectivity index (χ3v) is 4.66. The number of thioether (sulfide) groups is 1. The zero-order chi connectivity index (χ0) is 19.2. The van der Waals surface area contributed by atoms with Gasteiger partial charge in [0.25, 0.3) is 0 Å². The van der Waals surface area contributed by atoms with E-state index in [9.17, 15) is 9.90 Å². The Balaban J connectivity index is 1.73. The van der Waals surface area contributed by atoms with E-state index >= 15 is 0 Å². The van der Waals surface area contributed by atoms with Crippen molar-refractivity contribution in [1.82, 2.24) is 19.7 Å². The monoisotopic (exact) mass is 383 g/mol. The van der Waals surface area contributed by atoms with Gasteiger partial charge in [-0.05, 0) is 30.2 Å². The van der Waals surface area contributed by atoms with Crippen LogP contribution in [0.15, 0.2) is 53.9 Å². The van der Waals surface area contributed by atoms with Crippen LogP contribution in [0.3, 0.4) is 0 Å². The van der Waals surface area contributed by atoms with Gasteiger partial charge in [0.1, 0.15) is 5.75 Å². The highest BCUT2D eigenvalue weighted by Gasteiger charge is 2.17. The summed E-state index contributed by atoms with van der Waals surface area (Å²) in [6.45, 7) is 4.97. The van der Waals surface area contributed by atoms with Gasteiger partial charge in [0, 0.05) is 24.5 Å². The predicted octanol–water partition coefficient (Wildman–Crippen LogP) is 3.43. The number of benzene rings is 1. The minimum Gasteiger partial charge on any atom is -0.506 e. The van der Waals surface area contributed by atoms with Gasteiger partial charge in [-0.15, -0.1) is 10.2 Å². The van der Waals surface area contributed by atoms with Crippen molar-refractivity contribution in [3.8, 4) is 17.1 Å². The molecule has 0 bridgehead atoms. The van der Waals surface area contributed by atoms with Crippen LogP contribution in [0, 0.1) is 5.92 Å². The summed E-state index contributed by atoms with van der Waals surface area (Å²) in [5.41, 5.74) is 1.28. The number of phenolic OH excluding ortho intramolecular Hbond substituents is 1. The second-order valence-corrected chi connectivity index (χ2v) is 7.35. The van der Waals surface area contributed by atoms with E-state index in [1.54, 1.807) is 30.6 Å². The van der Waals surface area contributed by atoms with E-state index in [1.165, 1.54) is 17.8 Å². The van der Waals surface area contributed by atoms with E-state index in [0.29, 0.717) is 16.8 Å². The zero-order valence-corrected chi connectivity index (χ0v) is 16.0. The number of aromatic nitrogens is 4. The Hall–Kier alpha value is -2.87. The summed E-state index contributed by atoms with van der Waals surface area (Å²) >= 11 is 1.31. The van der Waals surface area contributed by atoms with Gasteiger partial charge in [-0.3, -0.25) is 9.78 Å². The minimum atomic E-state index is -0.219. The van der Waals surface area contributed by atoms with E-state index < -0.39 is 0 Å². The number of nitrogens with zero attached hydrogens (tertiary/aromatic N) is 4. The molecular weight excluding hydrogens is 362 g/mol. The lowest BCUT2D eigenvalue weighted by Gasteiger charge is -2.12. The van der Waals surface area contributed by atoms with Crippen molar-refractivity contribution in [2.24, 2.45) is 5.92 Å². The number of aromatic hydroxyl groups is 1. The molecule has 2 N–H and O–H groups in total. The number of carbonyl (C=O) groups excluding carboxylic acids is 1. The second kappa shape index (κ2) is 8.68. The maximum absolute atomic E-state index is 12.2. The number of amides is 1. The van der Waals surface area contributed by atoms with Crippen LogP contribution in [0.25, 0.3) is 11.4 Å². The quantitative estimate of drug-likeness (QED) is 0.480. The van der Waals surface area contributed by atoms with Crippen LogP contribution in [0.1, 0.15) is 13.8 Å². The molecule has 8 heteroatoms. The van der Waals surface area contributed by atoms with Crippen LogP contribution in [-0.2, 0) is 11.3 Å². The molecule has 0 saturated heterocycles. The molecule has 0 unspecified atom stereocenters. The molecule has 3 rings (SSSR count). The second-order valence-electron chi connectivity index (χ2n) is 6.41. The number of nitrogens with one attached hydrogen (secondary N) is 1. The van der Waals surface area contributed by atoms with Crippen LogP contribution in [0.4, 0.5) is 5.69 Å². The topological polar surface area (TPSA) is 92.9 Å². The van der Waals surface area contributed by atoms with Crippen LogP contribution in [0.2, 0.25) is 0 Å². The number of carbonyl (C=O) groups is 1. The average molecular weight is 383 g/mol. The Labute approximate surface area is 161 Å². The number of para-hydroxylation sites is 2. The average Bonchev–Trinajstić information content (AvgIpc) is 3.04. The standard InChI is InChI=1S/C19H21N5O2S/c1-13(2)11-24-18(14-6-5-9-20-10-14)22-23-19(24)27-12-17(26)21-15-7-3-4-8-16(15)25/h3-10,13,25H,11-12H2,1-2H3,(H,21,26). The predicted molar refractivity (Wildman–Crippen MR) is 106 cm³/mol. The summed E-state index contributed by atoms with van der Waals surface area (Å²) in [6.07, 6.45) is 3.46. The van der Waals surface area contributed by atoms with Gasteiger partial charge in [-0.25, -0.2) is 0 Å². The Kier molecular flexibility index (Phi) is 6.08. The lowest BCUT2D eigenvalue weighted by atomic mass is 10.2. The largest absolute Gasteiger partial charge is 0.506 e. The van der Waals surface area contributed by atoms with Gasteiger partial charge in [0.05, 0.1) is 11.4 Å². The molecule has 0 radical (unpaired) electrons. The van der Waals surface area contributed by atoms with Crippen molar-refractivity contribution in [3.05, 3.63) is 48.8 Å². The Morgan fingerprint density at radius 1 is 1.22 bits per heavy atom. The first kappa shape index (κ1) is 18.9. The highest BCUT2D eigenvalue weighted by molar-refractivity contribution is 7.99. The molecule has 0 aliphatic carbocycles. The van der Waals surface area contributed by atoms with Crippen molar-refractivity contribution in [2.75, 3.05) is 11.1 Å². The van der Waals surface area contributed by atoms with Crippen molar-refractivity contribution >= 4 is 23.4 Å². The lowest BCUT2D eigenvalue weighted by molar-refractivity contribution is -0.113. The van der Waals surface area contributed by atoms with E-state index in [2.05, 4.69) is 34.3 Å². The van der Waals surface area contributed by atoms with Crippen LogP contribution in [-0.4, -0.2) is 36.5 Å². The Morgan fingerprint density at radius 2 is 2.04 bits per heavy atom. The molecule has 140 valence electrons. The fourth-order valence-corrected chi connectivity index (χ4v) is 3.28. The third kappa shape index (κ3) is 4.85. The fraction of sp³-hybridized carbons (Fsp3) is 0.263. The summed E-state index contributed by atoms with van der Waals surface area (Å²) in [6, 6.07) is 10.4. The molecule has 3 aromatic rings. The zero-order valence-electron chi connectivity index (χ0n) is 15.2. The molecule has 2 heterocycles. The first-order valence-electron chi connectivity index (χ1n) is 8.59. The molecule has 0 atom stereocenters. The van der Waals surface area contributed by atoms with Crippen molar-refractivity contribution < 1.29 is 9.90 Å². The summed E-state index contributed by atoms with van der Waals surface area (Å²) in [4.78, 5) is 16.4. The number of rotatable bonds is 7. The first-order valence-corrected chi connectivity index (χ1v) is 9.57. The molecule has 27 heavy (non-hydrogen) atoms. The van der Waals surface area contributed by atoms with E-state index in [0.717, 1.165) is 17.9 Å². The highest BCUT2D eigenvalue weighted by Crippen LogP contribution is 2.26. The highest BCUT2D eigenvalue weighted by atomic mass is 32.2. The van der Waals surface area contributed by atoms with Gasteiger partial charge in [-0.2, -0.15) is 0 Å². The van der Waals surface area contributed by atoms with Crippen LogP contribution < -0.4 is 5.32 Å². The molecule has 0 saturated carbocycles. The molecule has 0 fully saturated rings. The number of hydrogen-bond donors (Lipinski definition) is 2. The maximum atomic E-state index is 12.2. The first-order chi connectivity index (χ1) is 13.0. The number of pyridine rings is 1. The Morgan fingerprint density at radius 3 is 2.74 bits per heavy atom. The molecule has 7 nitrogen and oxygen atoms in total. The van der Waals surface area contributed by atoms with Gasteiger partial charge in [0.2, 0.25) is 5.91 Å². The molecule has 0 spiro atoms.